The number of amides is 2. The molecule has 2 aromatic heterocycles. The van der Waals surface area contributed by atoms with Crippen molar-refractivity contribution in [3.8, 4) is 0 Å². The number of aromatic nitrogens is 2. The molecule has 2 aliphatic rings. The zero-order valence-electron chi connectivity index (χ0n) is 17.0. The van der Waals surface area contributed by atoms with Crippen molar-refractivity contribution in [2.75, 3.05) is 11.5 Å². The van der Waals surface area contributed by atoms with Crippen molar-refractivity contribution in [2.24, 2.45) is 0 Å². The minimum atomic E-state index is -1.18. The average Bonchev–Trinajstić information content (AvgIpc) is 3.28. The van der Waals surface area contributed by atoms with Crippen molar-refractivity contribution in [2.45, 2.75) is 36.3 Å². The molecule has 0 spiro atoms. The first-order chi connectivity index (χ1) is 15.4. The summed E-state index contributed by atoms with van der Waals surface area (Å²) in [5, 5.41) is 14.4. The Morgan fingerprint density at radius 1 is 1.34 bits per heavy atom. The van der Waals surface area contributed by atoms with Crippen LogP contribution in [-0.2, 0) is 27.3 Å². The van der Waals surface area contributed by atoms with Crippen LogP contribution in [-0.4, -0.2) is 60.3 Å². The van der Waals surface area contributed by atoms with Crippen LogP contribution in [0.15, 0.2) is 50.9 Å². The molecule has 9 nitrogen and oxygen atoms in total. The Bertz CT molecular complexity index is 1140. The maximum atomic E-state index is 12.7. The first kappa shape index (κ1) is 22.6. The van der Waals surface area contributed by atoms with E-state index in [1.165, 1.54) is 44.3 Å². The molecule has 2 aliphatic heterocycles. The molecule has 2 amide bonds. The standard InChI is InChI=1S/C20H20N4O5S3/c1-2-23-6-5-14(22-20(23)29)31-9-11-10-32-18-15(17(26)24(18)16(11)19(27)28)21-13(25)8-12-4-3-7-30-12/h3-7,15,18H,2,8-10H2,1H3,(H,21,25)(H,27,28)/t15-,18-/m1/s1. The van der Waals surface area contributed by atoms with E-state index in [4.69, 9.17) is 0 Å². The molecule has 2 N–H and O–H groups in total. The second kappa shape index (κ2) is 9.51. The van der Waals surface area contributed by atoms with Crippen LogP contribution in [0.3, 0.4) is 0 Å². The molecule has 0 unspecified atom stereocenters. The summed E-state index contributed by atoms with van der Waals surface area (Å²) < 4.78 is 1.47. The van der Waals surface area contributed by atoms with Crippen molar-refractivity contribution in [3.05, 3.63) is 56.4 Å². The highest BCUT2D eigenvalue weighted by atomic mass is 32.2. The van der Waals surface area contributed by atoms with Gasteiger partial charge in [0.05, 0.1) is 6.42 Å². The fraction of sp³-hybridized carbons (Fsp3) is 0.350. The zero-order chi connectivity index (χ0) is 22.8. The van der Waals surface area contributed by atoms with Gasteiger partial charge in [-0.1, -0.05) is 6.07 Å². The Morgan fingerprint density at radius 2 is 2.16 bits per heavy atom. The number of aryl methyl sites for hydroxylation is 1. The lowest BCUT2D eigenvalue weighted by Crippen LogP contribution is -2.70. The molecule has 32 heavy (non-hydrogen) atoms. The van der Waals surface area contributed by atoms with Gasteiger partial charge in [-0.15, -0.1) is 34.9 Å². The van der Waals surface area contributed by atoms with Crippen LogP contribution >= 0.6 is 34.9 Å². The quantitative estimate of drug-likeness (QED) is 0.322. The molecule has 12 heteroatoms. The van der Waals surface area contributed by atoms with Gasteiger partial charge in [-0.3, -0.25) is 19.1 Å². The number of carbonyl (C=O) groups excluding carboxylic acids is 2. The molecule has 1 fully saturated rings. The Balaban J connectivity index is 1.44. The minimum Gasteiger partial charge on any atom is -0.477 e. The fourth-order valence-electron chi connectivity index (χ4n) is 3.49. The third kappa shape index (κ3) is 4.48. The molecular weight excluding hydrogens is 472 g/mol. The first-order valence-corrected chi connectivity index (χ1v) is 12.7. The molecule has 0 bridgehead atoms. The average molecular weight is 493 g/mol. The highest BCUT2D eigenvalue weighted by Gasteiger charge is 2.54. The molecule has 0 saturated carbocycles. The normalized spacial score (nSPS) is 20.0. The van der Waals surface area contributed by atoms with Crippen LogP contribution in [0, 0.1) is 0 Å². The van der Waals surface area contributed by atoms with E-state index in [0.717, 1.165) is 4.88 Å². The van der Waals surface area contributed by atoms with Gasteiger partial charge >= 0.3 is 11.7 Å². The predicted molar refractivity (Wildman–Crippen MR) is 123 cm³/mol. The van der Waals surface area contributed by atoms with Gasteiger partial charge in [-0.05, 0) is 30.0 Å². The van der Waals surface area contributed by atoms with Gasteiger partial charge in [0.25, 0.3) is 5.91 Å². The summed E-state index contributed by atoms with van der Waals surface area (Å²) >= 11 is 4.14. The molecule has 4 rings (SSSR count). The van der Waals surface area contributed by atoms with Crippen LogP contribution in [0.4, 0.5) is 0 Å². The molecule has 0 aromatic carbocycles. The summed E-state index contributed by atoms with van der Waals surface area (Å²) in [5.41, 5.74) is 0.181. The van der Waals surface area contributed by atoms with Crippen molar-refractivity contribution in [3.63, 3.8) is 0 Å². The van der Waals surface area contributed by atoms with Crippen molar-refractivity contribution in [1.82, 2.24) is 19.8 Å². The van der Waals surface area contributed by atoms with Crippen LogP contribution < -0.4 is 11.0 Å². The summed E-state index contributed by atoms with van der Waals surface area (Å²) in [6.45, 7) is 2.36. The number of fused-ring (bicyclic) bond motifs is 1. The molecule has 2 aromatic rings. The van der Waals surface area contributed by atoms with E-state index in [2.05, 4.69) is 10.3 Å². The number of rotatable bonds is 8. The number of carbonyl (C=O) groups is 3. The van der Waals surface area contributed by atoms with Crippen LogP contribution in [0.2, 0.25) is 0 Å². The molecule has 4 heterocycles. The Kier molecular flexibility index (Phi) is 6.72. The number of aliphatic carboxylic acids is 1. The first-order valence-electron chi connectivity index (χ1n) is 9.81. The SMILES string of the molecule is CCn1ccc(SCC2=C(C(=O)O)N3C(=O)[C@@H](NC(=O)Cc4cccs4)[C@H]3SC2)nc1=O. The van der Waals surface area contributed by atoms with Crippen molar-refractivity contribution < 1.29 is 19.5 Å². The molecule has 0 radical (unpaired) electrons. The van der Waals surface area contributed by atoms with Crippen molar-refractivity contribution in [1.29, 1.82) is 0 Å². The van der Waals surface area contributed by atoms with Gasteiger partial charge in [-0.25, -0.2) is 9.59 Å². The molecule has 1 saturated heterocycles. The van der Waals surface area contributed by atoms with Gasteiger partial charge in [0, 0.05) is 29.1 Å². The second-order valence-electron chi connectivity index (χ2n) is 7.09. The number of nitrogens with zero attached hydrogens (tertiary/aromatic N) is 3. The molecular formula is C20H20N4O5S3. The van der Waals surface area contributed by atoms with E-state index in [1.807, 2.05) is 24.4 Å². The zero-order valence-corrected chi connectivity index (χ0v) is 19.5. The molecule has 2 atom stereocenters. The molecule has 168 valence electrons. The number of hydrogen-bond donors (Lipinski definition) is 2. The highest BCUT2D eigenvalue weighted by molar-refractivity contribution is 8.01. The minimum absolute atomic E-state index is 0.0445. The van der Waals surface area contributed by atoms with Gasteiger partial charge in [0.2, 0.25) is 5.91 Å². The third-order valence-electron chi connectivity index (χ3n) is 5.06. The largest absolute Gasteiger partial charge is 0.477 e. The fourth-order valence-corrected chi connectivity index (χ4v) is 6.52. The number of carboxylic acids is 1. The summed E-state index contributed by atoms with van der Waals surface area (Å²) in [5.74, 6) is -1.17. The van der Waals surface area contributed by atoms with Crippen molar-refractivity contribution >= 4 is 52.6 Å². The van der Waals surface area contributed by atoms with E-state index >= 15 is 0 Å². The number of carboxylic acid groups (broad SMARTS) is 1. The highest BCUT2D eigenvalue weighted by Crippen LogP contribution is 2.41. The van der Waals surface area contributed by atoms with Crippen LogP contribution in [0.5, 0.6) is 0 Å². The lowest BCUT2D eigenvalue weighted by atomic mass is 10.0. The number of hydrogen-bond acceptors (Lipinski definition) is 8. The van der Waals surface area contributed by atoms with Gasteiger partial charge in [0.1, 0.15) is 22.1 Å². The summed E-state index contributed by atoms with van der Waals surface area (Å²) in [6, 6.07) is 4.68. The third-order valence-corrected chi connectivity index (χ3v) is 8.30. The lowest BCUT2D eigenvalue weighted by molar-refractivity contribution is -0.150. The summed E-state index contributed by atoms with van der Waals surface area (Å²) in [4.78, 5) is 55.0. The van der Waals surface area contributed by atoms with E-state index in [-0.39, 0.29) is 23.7 Å². The number of nitrogens with one attached hydrogen (secondary N) is 1. The van der Waals surface area contributed by atoms with E-state index < -0.39 is 23.3 Å². The number of thioether (sulfide) groups is 2. The smallest absolute Gasteiger partial charge is 0.352 e. The maximum absolute atomic E-state index is 12.7. The maximum Gasteiger partial charge on any atom is 0.352 e. The Morgan fingerprint density at radius 3 is 2.81 bits per heavy atom. The van der Waals surface area contributed by atoms with Gasteiger partial charge in [-0.2, -0.15) is 4.98 Å². The number of β-lactam (4-membered cyclic amide) rings is 1. The van der Waals surface area contributed by atoms with Gasteiger partial charge in [0.15, 0.2) is 0 Å². The van der Waals surface area contributed by atoms with E-state index in [9.17, 15) is 24.3 Å². The summed E-state index contributed by atoms with van der Waals surface area (Å²) in [7, 11) is 0. The number of thiophene rings is 1. The predicted octanol–water partition coefficient (Wildman–Crippen LogP) is 1.40. The topological polar surface area (TPSA) is 122 Å². The second-order valence-corrected chi connectivity index (χ2v) is 10.2. The van der Waals surface area contributed by atoms with Crippen LogP contribution in [0.25, 0.3) is 0 Å². The Labute approximate surface area is 195 Å². The monoisotopic (exact) mass is 492 g/mol. The van der Waals surface area contributed by atoms with E-state index in [0.29, 0.717) is 28.6 Å². The Hall–Kier alpha value is -2.57. The van der Waals surface area contributed by atoms with E-state index in [1.54, 1.807) is 12.3 Å². The van der Waals surface area contributed by atoms with Crippen LogP contribution in [0.1, 0.15) is 11.8 Å². The van der Waals surface area contributed by atoms with Gasteiger partial charge < -0.3 is 10.4 Å². The molecule has 0 aliphatic carbocycles. The lowest BCUT2D eigenvalue weighted by Gasteiger charge is -2.49. The summed E-state index contributed by atoms with van der Waals surface area (Å²) in [6.07, 6.45) is 1.84.